The minimum Gasteiger partial charge on any atom is -0.384 e. The van der Waals surface area contributed by atoms with E-state index in [4.69, 9.17) is 15.2 Å². The maximum absolute atomic E-state index is 11.0. The van der Waals surface area contributed by atoms with Gasteiger partial charge in [-0.05, 0) is 69.4 Å². The van der Waals surface area contributed by atoms with Crippen molar-refractivity contribution in [2.24, 2.45) is 0 Å². The molecule has 2 aromatic heterocycles. The normalized spacial score (nSPS) is 16.4. The molecule has 1 amide bonds. The van der Waals surface area contributed by atoms with Gasteiger partial charge in [-0.25, -0.2) is 9.97 Å². The van der Waals surface area contributed by atoms with Gasteiger partial charge in [0.1, 0.15) is 23.3 Å². The van der Waals surface area contributed by atoms with Crippen molar-refractivity contribution in [1.82, 2.24) is 9.97 Å². The molecule has 0 bridgehead atoms. The molecule has 11 heteroatoms. The lowest BCUT2D eigenvalue weighted by atomic mass is 10.3. The molecular formula is C20H26I2N6O3. The maximum Gasteiger partial charge on any atom is 0.222 e. The summed E-state index contributed by atoms with van der Waals surface area (Å²) in [5, 5.41) is 2.71. The van der Waals surface area contributed by atoms with Gasteiger partial charge in [-0.3, -0.25) is 4.79 Å². The zero-order valence-corrected chi connectivity index (χ0v) is 21.6. The Morgan fingerprint density at radius 1 is 0.903 bits per heavy atom. The lowest BCUT2D eigenvalue weighted by Crippen LogP contribution is -2.36. The first-order valence-electron chi connectivity index (χ1n) is 9.94. The van der Waals surface area contributed by atoms with Gasteiger partial charge in [-0.2, -0.15) is 0 Å². The van der Waals surface area contributed by atoms with E-state index in [9.17, 15) is 4.79 Å². The predicted molar refractivity (Wildman–Crippen MR) is 139 cm³/mol. The third-order valence-electron chi connectivity index (χ3n) is 4.55. The Morgan fingerprint density at radius 2 is 1.39 bits per heavy atom. The molecule has 168 valence electrons. The summed E-state index contributed by atoms with van der Waals surface area (Å²) in [6, 6.07) is 7.77. The molecule has 3 N–H and O–H groups in total. The number of rotatable bonds is 3. The van der Waals surface area contributed by atoms with Crippen LogP contribution in [0, 0.1) is 7.14 Å². The molecule has 4 heterocycles. The molecule has 31 heavy (non-hydrogen) atoms. The van der Waals surface area contributed by atoms with Crippen LogP contribution in [-0.2, 0) is 14.3 Å². The van der Waals surface area contributed by atoms with Crippen LogP contribution in [0.1, 0.15) is 6.92 Å². The number of nitrogens with zero attached hydrogens (tertiary/aromatic N) is 4. The molecule has 2 aliphatic rings. The largest absolute Gasteiger partial charge is 0.384 e. The summed E-state index contributed by atoms with van der Waals surface area (Å²) >= 11 is 4.47. The molecule has 0 aliphatic carbocycles. The molecule has 0 saturated carbocycles. The number of nitrogen functional groups attached to an aromatic ring is 1. The smallest absolute Gasteiger partial charge is 0.222 e. The SMILES string of the molecule is CC(=O)Nc1cc(I)cc(N2CCOCC2)n1.Nc1cc(I)cc(N2CCOCC2)n1. The van der Waals surface area contributed by atoms with Crippen LogP contribution >= 0.6 is 45.2 Å². The highest BCUT2D eigenvalue weighted by atomic mass is 127. The average molecular weight is 652 g/mol. The van der Waals surface area contributed by atoms with Gasteiger partial charge in [-0.15, -0.1) is 0 Å². The van der Waals surface area contributed by atoms with Gasteiger partial charge in [0.05, 0.1) is 26.4 Å². The highest BCUT2D eigenvalue weighted by molar-refractivity contribution is 14.1. The van der Waals surface area contributed by atoms with Gasteiger partial charge >= 0.3 is 0 Å². The molecule has 2 aliphatic heterocycles. The zero-order chi connectivity index (χ0) is 22.2. The van der Waals surface area contributed by atoms with Gasteiger partial charge in [0, 0.05) is 40.2 Å². The number of hydrogen-bond donors (Lipinski definition) is 2. The summed E-state index contributed by atoms with van der Waals surface area (Å²) < 4.78 is 12.8. The van der Waals surface area contributed by atoms with Crippen molar-refractivity contribution >= 4 is 74.4 Å². The number of nitrogens with two attached hydrogens (primary N) is 1. The summed E-state index contributed by atoms with van der Waals surface area (Å²) in [5.41, 5.74) is 5.69. The molecule has 2 aromatic rings. The molecule has 2 fully saturated rings. The first-order chi connectivity index (χ1) is 14.9. The average Bonchev–Trinajstić information content (AvgIpc) is 2.74. The lowest BCUT2D eigenvalue weighted by molar-refractivity contribution is -0.114. The number of amides is 1. The van der Waals surface area contributed by atoms with Crippen molar-refractivity contribution in [1.29, 1.82) is 0 Å². The number of ether oxygens (including phenoxy) is 2. The first kappa shape index (κ1) is 24.2. The van der Waals surface area contributed by atoms with E-state index in [2.05, 4.69) is 70.3 Å². The first-order valence-corrected chi connectivity index (χ1v) is 12.1. The fourth-order valence-corrected chi connectivity index (χ4v) is 4.31. The Bertz CT molecular complexity index is 869. The van der Waals surface area contributed by atoms with Crippen molar-refractivity contribution in [3.8, 4) is 0 Å². The Morgan fingerprint density at radius 3 is 1.87 bits per heavy atom. The van der Waals surface area contributed by atoms with E-state index in [0.717, 1.165) is 71.4 Å². The number of hydrogen-bond acceptors (Lipinski definition) is 8. The zero-order valence-electron chi connectivity index (χ0n) is 17.3. The molecule has 0 aromatic carbocycles. The van der Waals surface area contributed by atoms with Crippen LogP contribution in [0.3, 0.4) is 0 Å². The topological polar surface area (TPSA) is 106 Å². The fourth-order valence-electron chi connectivity index (χ4n) is 3.14. The van der Waals surface area contributed by atoms with E-state index in [0.29, 0.717) is 11.6 Å². The molecule has 4 rings (SSSR count). The van der Waals surface area contributed by atoms with Crippen LogP contribution in [-0.4, -0.2) is 68.5 Å². The summed E-state index contributed by atoms with van der Waals surface area (Å²) in [6.45, 7) is 7.94. The molecular weight excluding hydrogens is 626 g/mol. The van der Waals surface area contributed by atoms with Gasteiger partial charge < -0.3 is 30.3 Å². The Kier molecular flexibility index (Phi) is 9.34. The fraction of sp³-hybridized carbons (Fsp3) is 0.450. The van der Waals surface area contributed by atoms with Crippen molar-refractivity contribution in [2.75, 3.05) is 73.5 Å². The number of carbonyl (C=O) groups is 1. The minimum absolute atomic E-state index is 0.104. The monoisotopic (exact) mass is 652 g/mol. The third kappa shape index (κ3) is 7.88. The number of halogens is 2. The number of morpholine rings is 2. The van der Waals surface area contributed by atoms with E-state index in [-0.39, 0.29) is 5.91 Å². The van der Waals surface area contributed by atoms with Crippen LogP contribution in [0.15, 0.2) is 24.3 Å². The number of aromatic nitrogens is 2. The highest BCUT2D eigenvalue weighted by Gasteiger charge is 2.14. The maximum atomic E-state index is 11.0. The number of nitrogens with one attached hydrogen (secondary N) is 1. The molecule has 0 spiro atoms. The summed E-state index contributed by atoms with van der Waals surface area (Å²) in [7, 11) is 0. The van der Waals surface area contributed by atoms with Crippen LogP contribution in [0.25, 0.3) is 0 Å². The van der Waals surface area contributed by atoms with Crippen molar-refractivity contribution < 1.29 is 14.3 Å². The second-order valence-corrected chi connectivity index (χ2v) is 9.47. The molecule has 9 nitrogen and oxygen atoms in total. The van der Waals surface area contributed by atoms with Gasteiger partial charge in [0.2, 0.25) is 5.91 Å². The van der Waals surface area contributed by atoms with Gasteiger partial charge in [0.15, 0.2) is 0 Å². The van der Waals surface area contributed by atoms with Gasteiger partial charge in [0.25, 0.3) is 0 Å². The Balaban J connectivity index is 0.000000179. The second-order valence-electron chi connectivity index (χ2n) is 6.98. The summed E-state index contributed by atoms with van der Waals surface area (Å²) in [5.74, 6) is 2.93. The molecule has 0 atom stereocenters. The predicted octanol–water partition coefficient (Wildman–Crippen LogP) is 2.59. The van der Waals surface area contributed by atoms with Gasteiger partial charge in [-0.1, -0.05) is 0 Å². The number of pyridine rings is 2. The van der Waals surface area contributed by atoms with Crippen LogP contribution in [0.5, 0.6) is 0 Å². The van der Waals surface area contributed by atoms with Crippen LogP contribution in [0.2, 0.25) is 0 Å². The summed E-state index contributed by atoms with van der Waals surface area (Å²) in [6.07, 6.45) is 0. The highest BCUT2D eigenvalue weighted by Crippen LogP contribution is 2.20. The molecule has 2 saturated heterocycles. The Labute approximate surface area is 209 Å². The van der Waals surface area contributed by atoms with E-state index in [1.807, 2.05) is 24.3 Å². The lowest BCUT2D eigenvalue weighted by Gasteiger charge is -2.28. The standard InChI is InChI=1S/C11H14IN3O2.C9H12IN3O/c1-8(16)13-10-6-9(12)7-11(14-10)15-2-4-17-5-3-15;10-7-5-8(11)12-9(6-7)13-1-3-14-4-2-13/h6-7H,2-5H2,1H3,(H,13,14,16);5-6H,1-4H2,(H2,11,12). The second kappa shape index (κ2) is 12.0. The van der Waals surface area contributed by atoms with E-state index in [1.54, 1.807) is 0 Å². The number of anilines is 4. The van der Waals surface area contributed by atoms with Crippen LogP contribution < -0.4 is 20.9 Å². The van der Waals surface area contributed by atoms with Crippen molar-refractivity contribution in [3.63, 3.8) is 0 Å². The van der Waals surface area contributed by atoms with Crippen molar-refractivity contribution in [2.45, 2.75) is 6.92 Å². The Hall–Kier alpha value is -1.45. The molecule has 0 radical (unpaired) electrons. The number of carbonyl (C=O) groups excluding carboxylic acids is 1. The van der Waals surface area contributed by atoms with E-state index >= 15 is 0 Å². The van der Waals surface area contributed by atoms with Crippen LogP contribution in [0.4, 0.5) is 23.3 Å². The quantitative estimate of drug-likeness (QED) is 0.488. The van der Waals surface area contributed by atoms with E-state index in [1.165, 1.54) is 6.92 Å². The minimum atomic E-state index is -0.104. The van der Waals surface area contributed by atoms with Crippen molar-refractivity contribution in [3.05, 3.63) is 31.4 Å². The third-order valence-corrected chi connectivity index (χ3v) is 5.79. The molecule has 0 unspecified atom stereocenters. The summed E-state index contributed by atoms with van der Waals surface area (Å²) in [4.78, 5) is 24.1. The van der Waals surface area contributed by atoms with E-state index < -0.39 is 0 Å².